The fourth-order valence-electron chi connectivity index (χ4n) is 4.94. The van der Waals surface area contributed by atoms with E-state index in [1.807, 2.05) is 6.07 Å². The maximum atomic E-state index is 14.0. The average Bonchev–Trinajstić information content (AvgIpc) is 3.66. The monoisotopic (exact) mass is 594 g/mol. The molecule has 228 valence electrons. The molecule has 15 heteroatoms. The molecule has 12 nitrogen and oxygen atoms in total. The number of anilines is 1. The van der Waals surface area contributed by atoms with E-state index < -0.39 is 65.7 Å². The first-order valence-electron chi connectivity index (χ1n) is 13.5. The van der Waals surface area contributed by atoms with Gasteiger partial charge in [-0.2, -0.15) is 18.4 Å². The number of alkyl halides is 3. The molecule has 1 aliphatic carbocycles. The summed E-state index contributed by atoms with van der Waals surface area (Å²) < 4.78 is 50.8. The molecule has 1 aromatic rings. The number of ether oxygens (including phenoxy) is 2. The number of nitriles is 1. The Bertz CT molecular complexity index is 1290. The lowest BCUT2D eigenvalue weighted by Gasteiger charge is -2.36. The summed E-state index contributed by atoms with van der Waals surface area (Å²) in [5.74, 6) is -3.98. The summed E-state index contributed by atoms with van der Waals surface area (Å²) in [5.41, 5.74) is -2.43. The number of halogens is 3. The molecule has 4 rings (SSSR count). The topological polar surface area (TPSA) is 154 Å². The van der Waals surface area contributed by atoms with Crippen LogP contribution in [0.3, 0.4) is 0 Å². The number of hydrogen-bond donors (Lipinski definition) is 2. The molecule has 3 aliphatic rings. The molecule has 1 saturated carbocycles. The van der Waals surface area contributed by atoms with Crippen LogP contribution in [0.5, 0.6) is 5.75 Å². The Morgan fingerprint density at radius 1 is 1.33 bits per heavy atom. The van der Waals surface area contributed by atoms with Gasteiger partial charge >= 0.3 is 12.1 Å². The molecule has 0 bridgehead atoms. The van der Waals surface area contributed by atoms with E-state index in [4.69, 9.17) is 9.47 Å². The van der Waals surface area contributed by atoms with Crippen molar-refractivity contribution < 1.29 is 41.8 Å². The van der Waals surface area contributed by atoms with E-state index in [-0.39, 0.29) is 36.9 Å². The number of carbonyl (C=O) groups is 4. The third-order valence-electron chi connectivity index (χ3n) is 7.38. The first-order chi connectivity index (χ1) is 19.5. The van der Waals surface area contributed by atoms with Gasteiger partial charge in [-0.3, -0.25) is 19.2 Å². The Morgan fingerprint density at radius 3 is 2.62 bits per heavy atom. The molecule has 4 atom stereocenters. The molecule has 2 aliphatic heterocycles. The van der Waals surface area contributed by atoms with E-state index >= 15 is 0 Å². The molecule has 0 unspecified atom stereocenters. The minimum absolute atomic E-state index is 0.0764. The van der Waals surface area contributed by atoms with Crippen LogP contribution in [0.4, 0.5) is 19.0 Å². The predicted molar refractivity (Wildman–Crippen MR) is 140 cm³/mol. The number of pyridine rings is 1. The zero-order valence-electron chi connectivity index (χ0n) is 23.7. The van der Waals surface area contributed by atoms with Crippen molar-refractivity contribution in [3.63, 3.8) is 0 Å². The maximum Gasteiger partial charge on any atom is 0.471 e. The zero-order valence-corrected chi connectivity index (χ0v) is 23.7. The van der Waals surface area contributed by atoms with Crippen molar-refractivity contribution in [1.82, 2.24) is 20.1 Å². The number of likely N-dealkylation sites (N-methyl/N-ethyl adjacent to an activating group) is 1. The normalized spacial score (nSPS) is 23.2. The molecule has 42 heavy (non-hydrogen) atoms. The molecule has 1 spiro atoms. The highest BCUT2D eigenvalue weighted by Crippen LogP contribution is 2.40. The van der Waals surface area contributed by atoms with Gasteiger partial charge in [0.15, 0.2) is 11.6 Å². The fraction of sp³-hybridized carbons (Fsp3) is 0.630. The number of rotatable bonds is 8. The quantitative estimate of drug-likeness (QED) is 0.462. The number of nitrogens with one attached hydrogen (secondary N) is 2. The molecular weight excluding hydrogens is 561 g/mol. The Balaban J connectivity index is 1.59. The lowest BCUT2D eigenvalue weighted by molar-refractivity contribution is -0.176. The number of amides is 4. The van der Waals surface area contributed by atoms with Crippen LogP contribution < -0.4 is 15.4 Å². The first-order valence-corrected chi connectivity index (χ1v) is 13.5. The van der Waals surface area contributed by atoms with Crippen LogP contribution in [0.15, 0.2) is 18.3 Å². The third-order valence-corrected chi connectivity index (χ3v) is 7.38. The van der Waals surface area contributed by atoms with Gasteiger partial charge in [-0.25, -0.2) is 4.98 Å². The Hall–Kier alpha value is -3.93. The second-order valence-electron chi connectivity index (χ2n) is 11.8. The molecule has 2 N–H and O–H groups in total. The smallest absolute Gasteiger partial charge is 0.471 e. The summed E-state index contributed by atoms with van der Waals surface area (Å²) in [6, 6.07) is 1.21. The Morgan fingerprint density at radius 2 is 2.02 bits per heavy atom. The van der Waals surface area contributed by atoms with Crippen molar-refractivity contribution in [2.24, 2.45) is 5.92 Å². The number of nitrogens with zero attached hydrogens (tertiary/aromatic N) is 4. The van der Waals surface area contributed by atoms with E-state index in [9.17, 15) is 37.6 Å². The third kappa shape index (κ3) is 6.75. The second-order valence-corrected chi connectivity index (χ2v) is 11.8. The van der Waals surface area contributed by atoms with Crippen LogP contribution in [0.1, 0.15) is 46.5 Å². The predicted octanol–water partition coefficient (Wildman–Crippen LogP) is 1.77. The lowest BCUT2D eigenvalue weighted by atomic mass is 9.97. The molecule has 0 radical (unpaired) electrons. The van der Waals surface area contributed by atoms with Crippen molar-refractivity contribution in [3.05, 3.63) is 18.3 Å². The lowest BCUT2D eigenvalue weighted by Crippen LogP contribution is -2.59. The van der Waals surface area contributed by atoms with Crippen LogP contribution in [0.2, 0.25) is 0 Å². The molecule has 3 heterocycles. The van der Waals surface area contributed by atoms with Gasteiger partial charge in [0.05, 0.1) is 24.8 Å². The van der Waals surface area contributed by atoms with Crippen LogP contribution in [0, 0.1) is 17.2 Å². The molecule has 4 amide bonds. The molecule has 0 aromatic carbocycles. The summed E-state index contributed by atoms with van der Waals surface area (Å²) >= 11 is 0. The summed E-state index contributed by atoms with van der Waals surface area (Å²) in [5, 5.41) is 14.3. The summed E-state index contributed by atoms with van der Waals surface area (Å²) in [4.78, 5) is 58.7. The van der Waals surface area contributed by atoms with Gasteiger partial charge in [0.2, 0.25) is 17.4 Å². The molecule has 1 saturated heterocycles. The van der Waals surface area contributed by atoms with Gasteiger partial charge in [0.1, 0.15) is 18.1 Å². The average molecular weight is 595 g/mol. The summed E-state index contributed by atoms with van der Waals surface area (Å²) in [6.45, 7) is 4.02. The van der Waals surface area contributed by atoms with Gasteiger partial charge in [0, 0.05) is 19.7 Å². The van der Waals surface area contributed by atoms with Crippen molar-refractivity contribution in [2.45, 2.75) is 82.0 Å². The SMILES string of the molecule is CN(C(=O)[C@@H](COC(C)(C)C)NC(=O)C(F)(F)F)[C@@H](CC1CC1)C(=O)N1C[C@@]2(C[C@H]1C#N)Oc1cccnc1NC2=O. The number of hydrogen-bond acceptors (Lipinski definition) is 8. The minimum atomic E-state index is -5.25. The Labute approximate surface area is 240 Å². The van der Waals surface area contributed by atoms with E-state index in [1.54, 1.807) is 38.2 Å². The van der Waals surface area contributed by atoms with Crippen LogP contribution in [0.25, 0.3) is 0 Å². The van der Waals surface area contributed by atoms with Gasteiger partial charge < -0.3 is 29.9 Å². The van der Waals surface area contributed by atoms with Crippen LogP contribution in [-0.4, -0.2) is 94.1 Å². The number of carbonyl (C=O) groups excluding carboxylic acids is 4. The highest BCUT2D eigenvalue weighted by molar-refractivity contribution is 6.01. The number of likely N-dealkylation sites (tertiary alicyclic amines) is 1. The number of aromatic nitrogens is 1. The Kier molecular flexibility index (Phi) is 8.41. The van der Waals surface area contributed by atoms with Gasteiger partial charge in [0.25, 0.3) is 5.91 Å². The van der Waals surface area contributed by atoms with E-state index in [1.165, 1.54) is 18.1 Å². The van der Waals surface area contributed by atoms with Crippen LogP contribution in [-0.2, 0) is 23.9 Å². The van der Waals surface area contributed by atoms with Crippen molar-refractivity contribution in [2.75, 3.05) is 25.5 Å². The van der Waals surface area contributed by atoms with E-state index in [2.05, 4.69) is 10.3 Å². The molecule has 1 aromatic heterocycles. The fourth-order valence-corrected chi connectivity index (χ4v) is 4.94. The van der Waals surface area contributed by atoms with E-state index in [0.717, 1.165) is 17.7 Å². The van der Waals surface area contributed by atoms with Crippen LogP contribution >= 0.6 is 0 Å². The highest BCUT2D eigenvalue weighted by Gasteiger charge is 2.57. The summed E-state index contributed by atoms with van der Waals surface area (Å²) in [7, 11) is 1.26. The van der Waals surface area contributed by atoms with Gasteiger partial charge in [-0.15, -0.1) is 0 Å². The molecule has 2 fully saturated rings. The first kappa shape index (κ1) is 31.0. The van der Waals surface area contributed by atoms with Gasteiger partial charge in [-0.05, 0) is 45.2 Å². The van der Waals surface area contributed by atoms with E-state index in [0.29, 0.717) is 0 Å². The molecular formula is C27H33F3N6O6. The number of fused-ring (bicyclic) bond motifs is 1. The van der Waals surface area contributed by atoms with Gasteiger partial charge in [-0.1, -0.05) is 12.8 Å². The van der Waals surface area contributed by atoms with Crippen molar-refractivity contribution in [1.29, 1.82) is 5.26 Å². The highest BCUT2D eigenvalue weighted by atomic mass is 19.4. The van der Waals surface area contributed by atoms with Crippen molar-refractivity contribution >= 4 is 29.4 Å². The van der Waals surface area contributed by atoms with Crippen molar-refractivity contribution in [3.8, 4) is 11.8 Å². The summed E-state index contributed by atoms with van der Waals surface area (Å²) in [6.07, 6.45) is -2.17. The minimum Gasteiger partial charge on any atom is -0.472 e. The maximum absolute atomic E-state index is 14.0. The largest absolute Gasteiger partial charge is 0.472 e. The second kappa shape index (κ2) is 11.4. The standard InChI is InChI=1S/C27H33F3N6O6/c1-25(2,3)41-13-17(33-24(40)27(28,29)30)21(37)35(4)18(10-15-7-8-15)22(38)36-14-26(11-16(36)12-31)23(39)34-20-19(42-26)6-5-9-32-20/h5-6,9,15-18H,7-8,10-11,13-14H2,1-4H3,(H,33,40)(H,32,34,39)/t16-,17+,18-,26+/m0/s1. The zero-order chi connectivity index (χ0) is 31.0.